The van der Waals surface area contributed by atoms with Crippen LogP contribution in [0.15, 0.2) is 59.5 Å². The number of hydrogen-bond acceptors (Lipinski definition) is 5. The van der Waals surface area contributed by atoms with Gasteiger partial charge in [-0.15, -0.1) is 0 Å². The minimum absolute atomic E-state index is 0.254. The van der Waals surface area contributed by atoms with Crippen LogP contribution in [0.2, 0.25) is 0 Å². The van der Waals surface area contributed by atoms with Gasteiger partial charge in [0.25, 0.3) is 5.56 Å². The molecule has 0 unspecified atom stereocenters. The molecule has 0 aliphatic rings. The summed E-state index contributed by atoms with van der Waals surface area (Å²) in [6, 6.07) is 13.3. The summed E-state index contributed by atoms with van der Waals surface area (Å²) in [7, 11) is 3.05. The Balaban J connectivity index is 1.64. The predicted octanol–water partition coefficient (Wildman–Crippen LogP) is 3.73. The summed E-state index contributed by atoms with van der Waals surface area (Å²) in [5.74, 6) is 1.18. The molecule has 6 nitrogen and oxygen atoms in total. The molecular formula is C22H18FN3O3. The second kappa shape index (κ2) is 7.71. The van der Waals surface area contributed by atoms with Crippen molar-refractivity contribution in [1.29, 1.82) is 0 Å². The number of nitrogens with zero attached hydrogens (tertiary/aromatic N) is 2. The van der Waals surface area contributed by atoms with E-state index < -0.39 is 0 Å². The van der Waals surface area contributed by atoms with Gasteiger partial charge in [0.15, 0.2) is 11.5 Å². The fourth-order valence-corrected chi connectivity index (χ4v) is 3.14. The first-order valence-corrected chi connectivity index (χ1v) is 8.93. The minimum atomic E-state index is -0.307. The van der Waals surface area contributed by atoms with Crippen molar-refractivity contribution in [2.45, 2.75) is 6.42 Å². The molecule has 7 heteroatoms. The molecule has 0 amide bonds. The maximum Gasteiger partial charge on any atom is 0.258 e. The maximum atomic E-state index is 13.4. The number of rotatable bonds is 5. The van der Waals surface area contributed by atoms with Crippen molar-refractivity contribution in [3.63, 3.8) is 0 Å². The molecule has 4 aromatic rings. The van der Waals surface area contributed by atoms with Crippen molar-refractivity contribution in [3.05, 3.63) is 82.3 Å². The van der Waals surface area contributed by atoms with Gasteiger partial charge in [-0.05, 0) is 29.8 Å². The molecule has 0 fully saturated rings. The van der Waals surface area contributed by atoms with Crippen LogP contribution in [0.4, 0.5) is 4.39 Å². The first-order valence-electron chi connectivity index (χ1n) is 8.93. The molecule has 2 aromatic heterocycles. The van der Waals surface area contributed by atoms with E-state index in [1.807, 2.05) is 12.1 Å². The fraction of sp³-hybridized carbons (Fsp3) is 0.136. The van der Waals surface area contributed by atoms with Crippen molar-refractivity contribution in [3.8, 4) is 22.8 Å². The minimum Gasteiger partial charge on any atom is -0.493 e. The van der Waals surface area contributed by atoms with E-state index in [-0.39, 0.29) is 11.4 Å². The smallest absolute Gasteiger partial charge is 0.258 e. The number of ether oxygens (including phenoxy) is 2. The highest BCUT2D eigenvalue weighted by molar-refractivity contribution is 5.81. The Morgan fingerprint density at radius 2 is 1.83 bits per heavy atom. The number of hydrogen-bond donors (Lipinski definition) is 1. The zero-order valence-electron chi connectivity index (χ0n) is 15.9. The van der Waals surface area contributed by atoms with E-state index in [1.165, 1.54) is 26.4 Å². The SMILES string of the molecule is COc1cc2nc(Cc3ccc(-c4cccc(F)c4)nc3)[nH]c(=O)c2cc1OC. The summed E-state index contributed by atoms with van der Waals surface area (Å²) in [5.41, 5.74) is 2.51. The Hall–Kier alpha value is -3.74. The highest BCUT2D eigenvalue weighted by atomic mass is 19.1. The van der Waals surface area contributed by atoms with E-state index in [2.05, 4.69) is 15.0 Å². The average molecular weight is 391 g/mol. The summed E-state index contributed by atoms with van der Waals surface area (Å²) >= 11 is 0. The topological polar surface area (TPSA) is 77.1 Å². The van der Waals surface area contributed by atoms with E-state index >= 15 is 0 Å². The van der Waals surface area contributed by atoms with E-state index in [9.17, 15) is 9.18 Å². The molecule has 1 N–H and O–H groups in total. The van der Waals surface area contributed by atoms with Crippen molar-refractivity contribution < 1.29 is 13.9 Å². The number of halogens is 1. The number of pyridine rings is 1. The molecule has 0 saturated carbocycles. The van der Waals surface area contributed by atoms with Gasteiger partial charge in [-0.3, -0.25) is 9.78 Å². The Morgan fingerprint density at radius 1 is 1.03 bits per heavy atom. The fourth-order valence-electron chi connectivity index (χ4n) is 3.14. The van der Waals surface area contributed by atoms with Crippen LogP contribution in [0.3, 0.4) is 0 Å². The second-order valence-electron chi connectivity index (χ2n) is 6.48. The number of nitrogens with one attached hydrogen (secondary N) is 1. The highest BCUT2D eigenvalue weighted by Gasteiger charge is 2.11. The molecule has 0 aliphatic carbocycles. The summed E-state index contributed by atoms with van der Waals surface area (Å²) in [5, 5.41) is 0.422. The Bertz CT molecular complexity index is 1240. The summed E-state index contributed by atoms with van der Waals surface area (Å²) in [4.78, 5) is 24.2. The van der Waals surface area contributed by atoms with Gasteiger partial charge in [-0.25, -0.2) is 9.37 Å². The van der Waals surface area contributed by atoms with E-state index in [0.717, 1.165) is 5.56 Å². The Labute approximate surface area is 166 Å². The first-order chi connectivity index (χ1) is 14.1. The summed E-state index contributed by atoms with van der Waals surface area (Å²) in [6.45, 7) is 0. The molecule has 0 atom stereocenters. The number of fused-ring (bicyclic) bond motifs is 1. The maximum absolute atomic E-state index is 13.4. The first kappa shape index (κ1) is 18.6. The van der Waals surface area contributed by atoms with E-state index in [4.69, 9.17) is 9.47 Å². The van der Waals surface area contributed by atoms with Crippen molar-refractivity contribution in [1.82, 2.24) is 15.0 Å². The molecule has 4 rings (SSSR count). The number of benzene rings is 2. The van der Waals surface area contributed by atoms with Gasteiger partial charge in [-0.1, -0.05) is 18.2 Å². The van der Waals surface area contributed by atoms with Crippen LogP contribution < -0.4 is 15.0 Å². The molecule has 0 radical (unpaired) electrons. The van der Waals surface area contributed by atoms with Crippen LogP contribution in [-0.2, 0) is 6.42 Å². The monoisotopic (exact) mass is 391 g/mol. The number of H-pyrrole nitrogens is 1. The quantitative estimate of drug-likeness (QED) is 0.561. The van der Waals surface area contributed by atoms with Gasteiger partial charge < -0.3 is 14.5 Å². The van der Waals surface area contributed by atoms with Crippen LogP contribution in [0.1, 0.15) is 11.4 Å². The van der Waals surface area contributed by atoms with Crippen molar-refractivity contribution in [2.75, 3.05) is 14.2 Å². The molecule has 29 heavy (non-hydrogen) atoms. The molecule has 0 saturated heterocycles. The van der Waals surface area contributed by atoms with Gasteiger partial charge in [0, 0.05) is 24.2 Å². The molecular weight excluding hydrogens is 373 g/mol. The second-order valence-corrected chi connectivity index (χ2v) is 6.48. The number of methoxy groups -OCH3 is 2. The largest absolute Gasteiger partial charge is 0.493 e. The van der Waals surface area contributed by atoms with Crippen LogP contribution >= 0.6 is 0 Å². The van der Waals surface area contributed by atoms with E-state index in [0.29, 0.717) is 45.9 Å². The van der Waals surface area contributed by atoms with Crippen molar-refractivity contribution >= 4 is 10.9 Å². The third kappa shape index (κ3) is 3.80. The Kier molecular flexibility index (Phi) is 4.95. The van der Waals surface area contributed by atoms with Gasteiger partial charge in [-0.2, -0.15) is 0 Å². The summed E-state index contributed by atoms with van der Waals surface area (Å²) in [6.07, 6.45) is 2.09. The normalized spacial score (nSPS) is 10.9. The molecule has 0 bridgehead atoms. The highest BCUT2D eigenvalue weighted by Crippen LogP contribution is 2.30. The van der Waals surface area contributed by atoms with Gasteiger partial charge >= 0.3 is 0 Å². The lowest BCUT2D eigenvalue weighted by molar-refractivity contribution is 0.355. The van der Waals surface area contributed by atoms with E-state index in [1.54, 1.807) is 30.5 Å². The third-order valence-corrected chi connectivity index (χ3v) is 4.58. The van der Waals surface area contributed by atoms with Crippen LogP contribution in [-0.4, -0.2) is 29.2 Å². The molecule has 0 spiro atoms. The standard InChI is InChI=1S/C22H18FN3O3/c1-28-19-10-16-18(11-20(19)29-2)25-21(26-22(16)27)8-13-6-7-17(24-12-13)14-4-3-5-15(23)9-14/h3-7,9-12H,8H2,1-2H3,(H,25,26,27). The summed E-state index contributed by atoms with van der Waals surface area (Å²) < 4.78 is 23.9. The molecule has 2 aromatic carbocycles. The van der Waals surface area contributed by atoms with Crippen LogP contribution in [0.5, 0.6) is 11.5 Å². The zero-order valence-corrected chi connectivity index (χ0v) is 15.9. The third-order valence-electron chi connectivity index (χ3n) is 4.58. The Morgan fingerprint density at radius 3 is 2.52 bits per heavy atom. The molecule has 2 heterocycles. The average Bonchev–Trinajstić information content (AvgIpc) is 2.73. The van der Waals surface area contributed by atoms with Crippen LogP contribution in [0.25, 0.3) is 22.2 Å². The molecule has 146 valence electrons. The lowest BCUT2D eigenvalue weighted by atomic mass is 10.1. The van der Waals surface area contributed by atoms with Gasteiger partial charge in [0.1, 0.15) is 11.6 Å². The number of aromatic nitrogens is 3. The van der Waals surface area contributed by atoms with Crippen molar-refractivity contribution in [2.24, 2.45) is 0 Å². The molecule has 0 aliphatic heterocycles. The lowest BCUT2D eigenvalue weighted by Crippen LogP contribution is -2.12. The number of aromatic amines is 1. The van der Waals surface area contributed by atoms with Gasteiger partial charge in [0.2, 0.25) is 0 Å². The predicted molar refractivity (Wildman–Crippen MR) is 108 cm³/mol. The lowest BCUT2D eigenvalue weighted by Gasteiger charge is -2.09. The van der Waals surface area contributed by atoms with Crippen LogP contribution in [0, 0.1) is 5.82 Å². The van der Waals surface area contributed by atoms with Gasteiger partial charge in [0.05, 0.1) is 30.8 Å². The zero-order chi connectivity index (χ0) is 20.4.